The Morgan fingerprint density at radius 1 is 1.07 bits per heavy atom. The lowest BCUT2D eigenvalue weighted by atomic mass is 9.93. The Hall–Kier alpha value is -2.62. The summed E-state index contributed by atoms with van der Waals surface area (Å²) in [6.45, 7) is 7.57. The molecule has 1 aliphatic heterocycles. The molecule has 9 nitrogen and oxygen atoms in total. The van der Waals surface area contributed by atoms with Gasteiger partial charge in [0.05, 0.1) is 0 Å². The quantitative estimate of drug-likeness (QED) is 0.752. The van der Waals surface area contributed by atoms with Gasteiger partial charge >= 0.3 is 12.1 Å². The molecule has 1 unspecified atom stereocenters. The van der Waals surface area contributed by atoms with Crippen molar-refractivity contribution >= 4 is 33.7 Å². The average Bonchev–Trinajstić information content (AvgIpc) is 2.61. The number of benzene rings is 1. The molecule has 5 amide bonds. The van der Waals surface area contributed by atoms with Gasteiger partial charge in [-0.2, -0.15) is 0 Å². The standard InChI is InChI=1S/C19H28N4O5S/c1-11(2)13-8-7-9-14(12(3)4)16(13)20-18(25)21-29(27,28)15-10-22(5)19(26)23(6)17(15)24/h7-9,11-12,15H,10H2,1-6H3,(H2,20,21,25). The first-order chi connectivity index (χ1) is 13.4. The third-order valence-corrected chi connectivity index (χ3v) is 6.45. The van der Waals surface area contributed by atoms with Crippen LogP contribution >= 0.6 is 0 Å². The van der Waals surface area contributed by atoms with Crippen LogP contribution in [0.2, 0.25) is 0 Å². The van der Waals surface area contributed by atoms with Gasteiger partial charge in [0.15, 0.2) is 5.25 Å². The van der Waals surface area contributed by atoms with Crippen LogP contribution in [0, 0.1) is 0 Å². The first-order valence-electron chi connectivity index (χ1n) is 9.34. The van der Waals surface area contributed by atoms with Crippen molar-refractivity contribution in [1.29, 1.82) is 0 Å². The fourth-order valence-corrected chi connectivity index (χ4v) is 4.53. The summed E-state index contributed by atoms with van der Waals surface area (Å²) in [6, 6.07) is 4.10. The van der Waals surface area contributed by atoms with E-state index in [4.69, 9.17) is 0 Å². The Balaban J connectivity index is 2.27. The highest BCUT2D eigenvalue weighted by Crippen LogP contribution is 2.32. The molecule has 2 rings (SSSR count). The number of hydrogen-bond donors (Lipinski definition) is 2. The Morgan fingerprint density at radius 3 is 2.07 bits per heavy atom. The van der Waals surface area contributed by atoms with Crippen molar-refractivity contribution in [2.45, 2.75) is 44.8 Å². The monoisotopic (exact) mass is 424 g/mol. The summed E-state index contributed by atoms with van der Waals surface area (Å²) in [6.07, 6.45) is 0. The van der Waals surface area contributed by atoms with E-state index in [0.717, 1.165) is 20.9 Å². The van der Waals surface area contributed by atoms with Crippen molar-refractivity contribution < 1.29 is 22.8 Å². The number of hydrogen-bond acceptors (Lipinski definition) is 5. The smallest absolute Gasteiger partial charge is 0.325 e. The Kier molecular flexibility index (Phi) is 6.56. The van der Waals surface area contributed by atoms with Crippen LogP contribution in [-0.2, 0) is 14.8 Å². The van der Waals surface area contributed by atoms with Gasteiger partial charge in [0.25, 0.3) is 5.91 Å². The molecule has 0 aromatic heterocycles. The number of carbonyl (C=O) groups excluding carboxylic acids is 3. The lowest BCUT2D eigenvalue weighted by Gasteiger charge is -2.33. The summed E-state index contributed by atoms with van der Waals surface area (Å²) in [5, 5.41) is 1.08. The highest BCUT2D eigenvalue weighted by Gasteiger charge is 2.43. The lowest BCUT2D eigenvalue weighted by Crippen LogP contribution is -2.60. The Morgan fingerprint density at radius 2 is 1.59 bits per heavy atom. The van der Waals surface area contributed by atoms with Gasteiger partial charge < -0.3 is 10.2 Å². The predicted octanol–water partition coefficient (Wildman–Crippen LogP) is 2.28. The molecule has 0 aliphatic carbocycles. The number of nitrogens with one attached hydrogen (secondary N) is 2. The first kappa shape index (κ1) is 22.7. The highest BCUT2D eigenvalue weighted by atomic mass is 32.2. The van der Waals surface area contributed by atoms with E-state index in [2.05, 4.69) is 5.32 Å². The predicted molar refractivity (Wildman–Crippen MR) is 110 cm³/mol. The number of imide groups is 1. The number of anilines is 1. The minimum absolute atomic E-state index is 0.105. The molecule has 1 atom stereocenters. The summed E-state index contributed by atoms with van der Waals surface area (Å²) in [5.41, 5.74) is 2.31. The van der Waals surface area contributed by atoms with E-state index >= 15 is 0 Å². The summed E-state index contributed by atoms with van der Waals surface area (Å²) >= 11 is 0. The van der Waals surface area contributed by atoms with Crippen LogP contribution in [0.15, 0.2) is 18.2 Å². The van der Waals surface area contributed by atoms with Crippen molar-refractivity contribution in [1.82, 2.24) is 14.5 Å². The number of sulfonamides is 1. The molecule has 0 spiro atoms. The van der Waals surface area contributed by atoms with E-state index < -0.39 is 33.2 Å². The van der Waals surface area contributed by atoms with Gasteiger partial charge in [-0.15, -0.1) is 0 Å². The number of nitrogens with zero attached hydrogens (tertiary/aromatic N) is 2. The Labute approximate surface area is 171 Å². The van der Waals surface area contributed by atoms with Gasteiger partial charge in [0, 0.05) is 26.3 Å². The maximum absolute atomic E-state index is 12.7. The summed E-state index contributed by atoms with van der Waals surface area (Å²) in [4.78, 5) is 38.5. The molecule has 1 aromatic rings. The maximum atomic E-state index is 12.7. The van der Waals surface area contributed by atoms with E-state index in [1.54, 1.807) is 0 Å². The lowest BCUT2D eigenvalue weighted by molar-refractivity contribution is -0.129. The van der Waals surface area contributed by atoms with Crippen LogP contribution < -0.4 is 10.0 Å². The molecule has 1 saturated heterocycles. The zero-order valence-electron chi connectivity index (χ0n) is 17.5. The fraction of sp³-hybridized carbons (Fsp3) is 0.526. The second kappa shape index (κ2) is 8.40. The normalized spacial score (nSPS) is 17.9. The molecule has 160 valence electrons. The van der Waals surface area contributed by atoms with Crippen LogP contribution in [-0.4, -0.2) is 62.1 Å². The number of urea groups is 2. The summed E-state index contributed by atoms with van der Waals surface area (Å²) in [5.74, 6) is -0.665. The molecule has 1 fully saturated rings. The Bertz CT molecular complexity index is 900. The number of amides is 5. The highest BCUT2D eigenvalue weighted by molar-refractivity contribution is 7.91. The van der Waals surface area contributed by atoms with Crippen molar-refractivity contribution in [3.05, 3.63) is 29.3 Å². The van der Waals surface area contributed by atoms with E-state index in [1.165, 1.54) is 14.1 Å². The van der Waals surface area contributed by atoms with Gasteiger partial charge in [-0.25, -0.2) is 22.7 Å². The molecule has 0 bridgehead atoms. The molecular weight excluding hydrogens is 396 g/mol. The van der Waals surface area contributed by atoms with Crippen LogP contribution in [0.1, 0.15) is 50.7 Å². The summed E-state index contributed by atoms with van der Waals surface area (Å²) < 4.78 is 27.3. The molecule has 2 N–H and O–H groups in total. The maximum Gasteiger partial charge on any atom is 0.332 e. The number of rotatable bonds is 5. The molecule has 29 heavy (non-hydrogen) atoms. The van der Waals surface area contributed by atoms with Crippen LogP contribution in [0.5, 0.6) is 0 Å². The van der Waals surface area contributed by atoms with Crippen LogP contribution in [0.3, 0.4) is 0 Å². The van der Waals surface area contributed by atoms with Crippen molar-refractivity contribution in [2.24, 2.45) is 0 Å². The molecule has 0 saturated carbocycles. The number of carbonyl (C=O) groups is 3. The van der Waals surface area contributed by atoms with E-state index in [0.29, 0.717) is 5.69 Å². The zero-order chi connectivity index (χ0) is 22.1. The van der Waals surface area contributed by atoms with Crippen LogP contribution in [0.25, 0.3) is 0 Å². The fourth-order valence-electron chi connectivity index (χ4n) is 3.24. The second-order valence-electron chi connectivity index (χ2n) is 7.77. The topological polar surface area (TPSA) is 116 Å². The van der Waals surface area contributed by atoms with Crippen molar-refractivity contribution in [3.63, 3.8) is 0 Å². The van der Waals surface area contributed by atoms with Gasteiger partial charge in [0.1, 0.15) is 0 Å². The van der Waals surface area contributed by atoms with E-state index in [1.807, 2.05) is 50.6 Å². The largest absolute Gasteiger partial charge is 0.332 e. The molecule has 1 aliphatic rings. The van der Waals surface area contributed by atoms with Crippen LogP contribution in [0.4, 0.5) is 15.3 Å². The molecule has 10 heteroatoms. The number of para-hydroxylation sites is 1. The minimum atomic E-state index is -4.35. The van der Waals surface area contributed by atoms with Crippen molar-refractivity contribution in [3.8, 4) is 0 Å². The van der Waals surface area contributed by atoms with E-state index in [-0.39, 0.29) is 18.4 Å². The average molecular weight is 425 g/mol. The SMILES string of the molecule is CC(C)c1cccc(C(C)C)c1NC(=O)NS(=O)(=O)C1CN(C)C(=O)N(C)C1=O. The van der Waals surface area contributed by atoms with Gasteiger partial charge in [-0.05, 0) is 23.0 Å². The second-order valence-corrected chi connectivity index (χ2v) is 9.63. The molecular formula is C19H28N4O5S. The zero-order valence-corrected chi connectivity index (χ0v) is 18.3. The molecule has 1 heterocycles. The van der Waals surface area contributed by atoms with Gasteiger partial charge in [0.2, 0.25) is 10.0 Å². The third kappa shape index (κ3) is 4.69. The third-order valence-electron chi connectivity index (χ3n) is 4.88. The summed E-state index contributed by atoms with van der Waals surface area (Å²) in [7, 11) is -1.76. The molecule has 1 aromatic carbocycles. The minimum Gasteiger partial charge on any atom is -0.325 e. The molecule has 0 radical (unpaired) electrons. The van der Waals surface area contributed by atoms with Gasteiger partial charge in [-0.3, -0.25) is 9.69 Å². The van der Waals surface area contributed by atoms with E-state index in [9.17, 15) is 22.8 Å². The van der Waals surface area contributed by atoms with Crippen molar-refractivity contribution in [2.75, 3.05) is 26.0 Å². The van der Waals surface area contributed by atoms with Gasteiger partial charge in [-0.1, -0.05) is 45.9 Å². The first-order valence-corrected chi connectivity index (χ1v) is 10.9.